The molecule has 0 radical (unpaired) electrons. The lowest BCUT2D eigenvalue weighted by Gasteiger charge is -2.19. The Morgan fingerprint density at radius 3 is 2.65 bits per heavy atom. The molecule has 17 heavy (non-hydrogen) atoms. The van der Waals surface area contributed by atoms with Crippen LogP contribution in [0.15, 0.2) is 12.5 Å². The summed E-state index contributed by atoms with van der Waals surface area (Å²) < 4.78 is 6.48. The van der Waals surface area contributed by atoms with Gasteiger partial charge >= 0.3 is 6.09 Å². The van der Waals surface area contributed by atoms with E-state index in [-0.39, 0.29) is 0 Å². The van der Waals surface area contributed by atoms with E-state index in [1.165, 1.54) is 10.9 Å². The van der Waals surface area contributed by atoms with Crippen molar-refractivity contribution < 1.29 is 14.3 Å². The van der Waals surface area contributed by atoms with Crippen LogP contribution in [-0.2, 0) is 14.9 Å². The van der Waals surface area contributed by atoms with Crippen LogP contribution in [0.5, 0.6) is 0 Å². The third kappa shape index (κ3) is 2.38. The Morgan fingerprint density at radius 2 is 2.18 bits per heavy atom. The molecule has 1 fully saturated rings. The average Bonchev–Trinajstić information content (AvgIpc) is 2.85. The summed E-state index contributed by atoms with van der Waals surface area (Å²) in [6.45, 7) is 5.41. The van der Waals surface area contributed by atoms with E-state index in [0.717, 1.165) is 19.1 Å². The van der Waals surface area contributed by atoms with Gasteiger partial charge in [-0.2, -0.15) is 0 Å². The van der Waals surface area contributed by atoms with Crippen molar-refractivity contribution in [3.05, 3.63) is 18.2 Å². The number of nitrogens with zero attached hydrogens (tertiary/aromatic N) is 2. The highest BCUT2D eigenvalue weighted by molar-refractivity contribution is 5.74. The third-order valence-corrected chi connectivity index (χ3v) is 2.71. The number of carbonyl (C=O) groups is 2. The number of carbonyl (C=O) groups excluding carboxylic acids is 2. The maximum absolute atomic E-state index is 11.7. The second kappa shape index (κ2) is 3.68. The molecule has 0 atom stereocenters. The molecule has 0 N–H and O–H groups in total. The summed E-state index contributed by atoms with van der Waals surface area (Å²) in [6, 6.07) is 0. The number of aromatic nitrogens is 2. The first-order valence-corrected chi connectivity index (χ1v) is 5.60. The highest BCUT2D eigenvalue weighted by Crippen LogP contribution is 2.45. The molecule has 0 aromatic carbocycles. The maximum Gasteiger partial charge on any atom is 0.419 e. The SMILES string of the molecule is CC(C)(C)OC(=O)n1cnc(C2(C=O)CC2)c1. The van der Waals surface area contributed by atoms with Gasteiger partial charge in [0.05, 0.1) is 11.1 Å². The minimum atomic E-state index is -0.538. The molecule has 0 aliphatic heterocycles. The van der Waals surface area contributed by atoms with Crippen LogP contribution >= 0.6 is 0 Å². The minimum absolute atomic E-state index is 0.451. The molecule has 0 saturated heterocycles. The Bertz CT molecular complexity index is 453. The van der Waals surface area contributed by atoms with Crippen LogP contribution in [0.4, 0.5) is 4.79 Å². The number of hydrogen-bond donors (Lipinski definition) is 0. The van der Waals surface area contributed by atoms with Crippen molar-refractivity contribution in [2.45, 2.75) is 44.6 Å². The van der Waals surface area contributed by atoms with E-state index in [4.69, 9.17) is 4.74 Å². The molecule has 0 spiro atoms. The fraction of sp³-hybridized carbons (Fsp3) is 0.583. The molecule has 1 aromatic heterocycles. The number of imidazole rings is 1. The molecule has 0 bridgehead atoms. The van der Waals surface area contributed by atoms with Crippen molar-refractivity contribution >= 4 is 12.4 Å². The fourth-order valence-electron chi connectivity index (χ4n) is 1.56. The van der Waals surface area contributed by atoms with Crippen molar-refractivity contribution in [2.75, 3.05) is 0 Å². The predicted octanol–water partition coefficient (Wildman–Crippen LogP) is 1.90. The molecule has 1 aromatic rings. The Balaban J connectivity index is 2.14. The van der Waals surface area contributed by atoms with Gasteiger partial charge in [0.2, 0.25) is 0 Å². The standard InChI is InChI=1S/C12H16N2O3/c1-11(2,3)17-10(16)14-6-9(13-8-14)12(7-15)4-5-12/h6-8H,4-5H2,1-3H3. The lowest BCUT2D eigenvalue weighted by Crippen LogP contribution is -2.26. The number of hydrogen-bond acceptors (Lipinski definition) is 4. The average molecular weight is 236 g/mol. The zero-order valence-electron chi connectivity index (χ0n) is 10.3. The third-order valence-electron chi connectivity index (χ3n) is 2.71. The van der Waals surface area contributed by atoms with Crippen molar-refractivity contribution in [1.29, 1.82) is 0 Å². The van der Waals surface area contributed by atoms with E-state index < -0.39 is 17.1 Å². The van der Waals surface area contributed by atoms with Crippen LogP contribution in [0.25, 0.3) is 0 Å². The first-order valence-electron chi connectivity index (χ1n) is 5.60. The monoisotopic (exact) mass is 236 g/mol. The first kappa shape index (κ1) is 11.8. The molecule has 1 heterocycles. The van der Waals surface area contributed by atoms with Gasteiger partial charge in [0.1, 0.15) is 18.2 Å². The smallest absolute Gasteiger partial charge is 0.419 e. The van der Waals surface area contributed by atoms with Crippen LogP contribution in [0.2, 0.25) is 0 Å². The predicted molar refractivity (Wildman–Crippen MR) is 60.8 cm³/mol. The second-order valence-electron chi connectivity index (χ2n) is 5.42. The molecule has 5 nitrogen and oxygen atoms in total. The van der Waals surface area contributed by atoms with E-state index in [9.17, 15) is 9.59 Å². The lowest BCUT2D eigenvalue weighted by molar-refractivity contribution is -0.109. The van der Waals surface area contributed by atoms with Crippen LogP contribution < -0.4 is 0 Å². The van der Waals surface area contributed by atoms with E-state index in [1.54, 1.807) is 27.0 Å². The van der Waals surface area contributed by atoms with Gasteiger partial charge in [0, 0.05) is 6.20 Å². The van der Waals surface area contributed by atoms with Gasteiger partial charge in [0.15, 0.2) is 0 Å². The zero-order chi connectivity index (χ0) is 12.7. The Morgan fingerprint density at radius 1 is 1.53 bits per heavy atom. The summed E-state index contributed by atoms with van der Waals surface area (Å²) in [6.07, 6.45) is 5.03. The molecular weight excluding hydrogens is 220 g/mol. The van der Waals surface area contributed by atoms with Gasteiger partial charge in [-0.25, -0.2) is 14.3 Å². The highest BCUT2D eigenvalue weighted by Gasteiger charge is 2.46. The molecule has 1 aliphatic carbocycles. The zero-order valence-corrected chi connectivity index (χ0v) is 10.3. The van der Waals surface area contributed by atoms with E-state index in [2.05, 4.69) is 4.98 Å². The molecule has 92 valence electrons. The van der Waals surface area contributed by atoms with E-state index >= 15 is 0 Å². The van der Waals surface area contributed by atoms with E-state index in [1.807, 2.05) is 0 Å². The van der Waals surface area contributed by atoms with Gasteiger partial charge < -0.3 is 9.53 Å². The summed E-state index contributed by atoms with van der Waals surface area (Å²) in [5, 5.41) is 0. The normalized spacial score (nSPS) is 17.6. The molecular formula is C12H16N2O3. The maximum atomic E-state index is 11.7. The van der Waals surface area contributed by atoms with E-state index in [0.29, 0.717) is 5.69 Å². The number of ether oxygens (including phenoxy) is 1. The Kier molecular flexibility index (Phi) is 2.56. The second-order valence-corrected chi connectivity index (χ2v) is 5.42. The topological polar surface area (TPSA) is 61.2 Å². The quantitative estimate of drug-likeness (QED) is 0.736. The van der Waals surface area contributed by atoms with Gasteiger partial charge in [-0.05, 0) is 33.6 Å². The number of aldehydes is 1. The Labute approximate surface area is 99.8 Å². The minimum Gasteiger partial charge on any atom is -0.443 e. The lowest BCUT2D eigenvalue weighted by atomic mass is 10.1. The van der Waals surface area contributed by atoms with Crippen LogP contribution in [0.3, 0.4) is 0 Å². The largest absolute Gasteiger partial charge is 0.443 e. The summed E-state index contributed by atoms with van der Waals surface area (Å²) in [5.41, 5.74) is -0.338. The summed E-state index contributed by atoms with van der Waals surface area (Å²) in [7, 11) is 0. The summed E-state index contributed by atoms with van der Waals surface area (Å²) in [4.78, 5) is 26.8. The van der Waals surface area contributed by atoms with Crippen LogP contribution in [-0.4, -0.2) is 27.5 Å². The van der Waals surface area contributed by atoms with Gasteiger partial charge in [0.25, 0.3) is 0 Å². The van der Waals surface area contributed by atoms with Gasteiger partial charge in [-0.15, -0.1) is 0 Å². The van der Waals surface area contributed by atoms with Crippen LogP contribution in [0.1, 0.15) is 39.3 Å². The van der Waals surface area contributed by atoms with Crippen molar-refractivity contribution in [2.24, 2.45) is 0 Å². The van der Waals surface area contributed by atoms with Crippen LogP contribution in [0, 0.1) is 0 Å². The number of rotatable bonds is 2. The summed E-state index contributed by atoms with van der Waals surface area (Å²) >= 11 is 0. The molecule has 1 aliphatic rings. The molecule has 5 heteroatoms. The molecule has 0 unspecified atom stereocenters. The molecule has 1 saturated carbocycles. The Hall–Kier alpha value is -1.65. The summed E-state index contributed by atoms with van der Waals surface area (Å²) in [5.74, 6) is 0. The fourth-order valence-corrected chi connectivity index (χ4v) is 1.56. The van der Waals surface area contributed by atoms with Crippen molar-refractivity contribution in [1.82, 2.24) is 9.55 Å². The molecule has 0 amide bonds. The van der Waals surface area contributed by atoms with Crippen molar-refractivity contribution in [3.8, 4) is 0 Å². The molecule has 2 rings (SSSR count). The van der Waals surface area contributed by atoms with Crippen molar-refractivity contribution in [3.63, 3.8) is 0 Å². The highest BCUT2D eigenvalue weighted by atomic mass is 16.6. The first-order chi connectivity index (χ1) is 7.86. The van der Waals surface area contributed by atoms with Gasteiger partial charge in [-0.1, -0.05) is 0 Å². The van der Waals surface area contributed by atoms with Gasteiger partial charge in [-0.3, -0.25) is 0 Å².